The SMILES string of the molecule is CCN(CCC(=O)OC)C(=O)CC(C)(C)C. The minimum Gasteiger partial charge on any atom is -0.469 e. The maximum absolute atomic E-state index is 11.9. The van der Waals surface area contributed by atoms with Crippen LogP contribution in [0.25, 0.3) is 0 Å². The highest BCUT2D eigenvalue weighted by atomic mass is 16.5. The first-order valence-corrected chi connectivity index (χ1v) is 5.64. The Morgan fingerprint density at radius 2 is 1.81 bits per heavy atom. The van der Waals surface area contributed by atoms with E-state index in [4.69, 9.17) is 0 Å². The summed E-state index contributed by atoms with van der Waals surface area (Å²) in [6.45, 7) is 9.07. The molecule has 0 aromatic heterocycles. The van der Waals surface area contributed by atoms with E-state index >= 15 is 0 Å². The van der Waals surface area contributed by atoms with E-state index in [1.807, 2.05) is 27.7 Å². The van der Waals surface area contributed by atoms with Crippen LogP contribution in [0.2, 0.25) is 0 Å². The second-order valence-electron chi connectivity index (χ2n) is 5.04. The molecule has 0 heterocycles. The first-order chi connectivity index (χ1) is 7.30. The van der Waals surface area contributed by atoms with Crippen LogP contribution in [0.5, 0.6) is 0 Å². The van der Waals surface area contributed by atoms with Crippen molar-refractivity contribution in [3.05, 3.63) is 0 Å². The third kappa shape index (κ3) is 6.43. The van der Waals surface area contributed by atoms with Crippen molar-refractivity contribution < 1.29 is 14.3 Å². The smallest absolute Gasteiger partial charge is 0.307 e. The molecule has 0 saturated carbocycles. The standard InChI is InChI=1S/C12H23NO3/c1-6-13(8-7-11(15)16-5)10(14)9-12(2,3)4/h6-9H2,1-5H3. The zero-order chi connectivity index (χ0) is 12.8. The highest BCUT2D eigenvalue weighted by molar-refractivity contribution is 5.77. The molecule has 94 valence electrons. The van der Waals surface area contributed by atoms with Gasteiger partial charge in [0, 0.05) is 19.5 Å². The molecule has 0 rings (SSSR count). The van der Waals surface area contributed by atoms with Gasteiger partial charge in [0.1, 0.15) is 0 Å². The van der Waals surface area contributed by atoms with E-state index in [1.54, 1.807) is 4.90 Å². The lowest BCUT2D eigenvalue weighted by Crippen LogP contribution is -2.35. The molecule has 0 bridgehead atoms. The monoisotopic (exact) mass is 229 g/mol. The lowest BCUT2D eigenvalue weighted by molar-refractivity contribution is -0.141. The number of ether oxygens (including phenoxy) is 1. The highest BCUT2D eigenvalue weighted by Crippen LogP contribution is 2.19. The number of nitrogens with zero attached hydrogens (tertiary/aromatic N) is 1. The Bertz CT molecular complexity index is 243. The van der Waals surface area contributed by atoms with E-state index < -0.39 is 0 Å². The van der Waals surface area contributed by atoms with Crippen molar-refractivity contribution >= 4 is 11.9 Å². The van der Waals surface area contributed by atoms with Crippen LogP contribution < -0.4 is 0 Å². The van der Waals surface area contributed by atoms with E-state index in [9.17, 15) is 9.59 Å². The Morgan fingerprint density at radius 1 is 1.25 bits per heavy atom. The Labute approximate surface area is 98.0 Å². The summed E-state index contributed by atoms with van der Waals surface area (Å²) in [4.78, 5) is 24.5. The van der Waals surface area contributed by atoms with Crippen molar-refractivity contribution in [2.24, 2.45) is 5.41 Å². The van der Waals surface area contributed by atoms with Crippen molar-refractivity contribution in [2.75, 3.05) is 20.2 Å². The molecule has 0 aliphatic carbocycles. The van der Waals surface area contributed by atoms with Crippen molar-refractivity contribution in [2.45, 2.75) is 40.5 Å². The van der Waals surface area contributed by atoms with E-state index in [-0.39, 0.29) is 23.7 Å². The molecule has 0 unspecified atom stereocenters. The molecular formula is C12H23NO3. The quantitative estimate of drug-likeness (QED) is 0.676. The topological polar surface area (TPSA) is 46.6 Å². The number of rotatable bonds is 5. The molecule has 0 saturated heterocycles. The average molecular weight is 229 g/mol. The number of carbonyl (C=O) groups excluding carboxylic acids is 2. The molecule has 0 aromatic carbocycles. The number of hydrogen-bond donors (Lipinski definition) is 0. The molecule has 0 N–H and O–H groups in total. The van der Waals surface area contributed by atoms with Gasteiger partial charge in [0.25, 0.3) is 0 Å². The van der Waals surface area contributed by atoms with Gasteiger partial charge in [0.2, 0.25) is 5.91 Å². The molecule has 16 heavy (non-hydrogen) atoms. The van der Waals surface area contributed by atoms with Crippen LogP contribution in [0, 0.1) is 5.41 Å². The summed E-state index contributed by atoms with van der Waals surface area (Å²) in [6.07, 6.45) is 0.766. The van der Waals surface area contributed by atoms with E-state index in [2.05, 4.69) is 4.74 Å². The predicted molar refractivity (Wildman–Crippen MR) is 63.0 cm³/mol. The number of hydrogen-bond acceptors (Lipinski definition) is 3. The predicted octanol–water partition coefficient (Wildman–Crippen LogP) is 1.83. The molecule has 4 heteroatoms. The van der Waals surface area contributed by atoms with E-state index in [0.717, 1.165) is 0 Å². The van der Waals surface area contributed by atoms with Crippen LogP contribution in [0.3, 0.4) is 0 Å². The first kappa shape index (κ1) is 14.9. The maximum atomic E-state index is 11.9. The molecular weight excluding hydrogens is 206 g/mol. The third-order valence-corrected chi connectivity index (χ3v) is 2.23. The summed E-state index contributed by atoms with van der Waals surface area (Å²) in [5.74, 6) is -0.180. The lowest BCUT2D eigenvalue weighted by Gasteiger charge is -2.25. The molecule has 1 amide bonds. The summed E-state index contributed by atoms with van der Waals surface area (Å²) < 4.78 is 4.55. The van der Waals surface area contributed by atoms with Gasteiger partial charge in [-0.2, -0.15) is 0 Å². The van der Waals surface area contributed by atoms with Gasteiger partial charge >= 0.3 is 5.97 Å². The lowest BCUT2D eigenvalue weighted by atomic mass is 9.91. The Morgan fingerprint density at radius 3 is 2.19 bits per heavy atom. The highest BCUT2D eigenvalue weighted by Gasteiger charge is 2.20. The summed E-state index contributed by atoms with van der Waals surface area (Å²) in [5.41, 5.74) is -0.0181. The second-order valence-corrected chi connectivity index (χ2v) is 5.04. The maximum Gasteiger partial charge on any atom is 0.307 e. The average Bonchev–Trinajstić information content (AvgIpc) is 2.15. The van der Waals surface area contributed by atoms with Gasteiger partial charge in [-0.1, -0.05) is 20.8 Å². The number of methoxy groups -OCH3 is 1. The summed E-state index contributed by atoms with van der Waals surface area (Å²) in [6, 6.07) is 0. The molecule has 0 atom stereocenters. The number of amides is 1. The summed E-state index contributed by atoms with van der Waals surface area (Å²) >= 11 is 0. The van der Waals surface area contributed by atoms with Crippen molar-refractivity contribution in [3.63, 3.8) is 0 Å². The molecule has 0 spiro atoms. The van der Waals surface area contributed by atoms with Crippen LogP contribution in [0.1, 0.15) is 40.5 Å². The van der Waals surface area contributed by atoms with E-state index in [1.165, 1.54) is 7.11 Å². The van der Waals surface area contributed by atoms with Crippen LogP contribution in [0.4, 0.5) is 0 Å². The third-order valence-electron chi connectivity index (χ3n) is 2.23. The van der Waals surface area contributed by atoms with E-state index in [0.29, 0.717) is 19.5 Å². The molecule has 0 radical (unpaired) electrons. The fourth-order valence-corrected chi connectivity index (χ4v) is 1.35. The van der Waals surface area contributed by atoms with Gasteiger partial charge in [-0.25, -0.2) is 0 Å². The van der Waals surface area contributed by atoms with Gasteiger partial charge in [0.15, 0.2) is 0 Å². The fourth-order valence-electron chi connectivity index (χ4n) is 1.35. The summed E-state index contributed by atoms with van der Waals surface area (Å²) in [5, 5.41) is 0. The number of esters is 1. The Balaban J connectivity index is 4.17. The zero-order valence-corrected chi connectivity index (χ0v) is 11.0. The first-order valence-electron chi connectivity index (χ1n) is 5.64. The van der Waals surface area contributed by atoms with Gasteiger partial charge in [-0.15, -0.1) is 0 Å². The minimum atomic E-state index is -0.276. The van der Waals surface area contributed by atoms with Crippen LogP contribution in [0.15, 0.2) is 0 Å². The second kappa shape index (κ2) is 6.51. The minimum absolute atomic E-state index is 0.0181. The van der Waals surface area contributed by atoms with Gasteiger partial charge < -0.3 is 9.64 Å². The van der Waals surface area contributed by atoms with Crippen LogP contribution in [-0.2, 0) is 14.3 Å². The fraction of sp³-hybridized carbons (Fsp3) is 0.833. The summed E-state index contributed by atoms with van der Waals surface area (Å²) in [7, 11) is 1.36. The molecule has 0 aromatic rings. The van der Waals surface area contributed by atoms with Gasteiger partial charge in [-0.3, -0.25) is 9.59 Å². The van der Waals surface area contributed by atoms with Crippen molar-refractivity contribution in [1.82, 2.24) is 4.90 Å². The zero-order valence-electron chi connectivity index (χ0n) is 11.0. The van der Waals surface area contributed by atoms with Gasteiger partial charge in [-0.05, 0) is 12.3 Å². The van der Waals surface area contributed by atoms with Crippen molar-refractivity contribution in [1.29, 1.82) is 0 Å². The number of carbonyl (C=O) groups is 2. The van der Waals surface area contributed by atoms with Crippen LogP contribution in [-0.4, -0.2) is 37.0 Å². The van der Waals surface area contributed by atoms with Crippen molar-refractivity contribution in [3.8, 4) is 0 Å². The normalized spacial score (nSPS) is 11.1. The molecule has 0 aliphatic heterocycles. The Hall–Kier alpha value is -1.06. The Kier molecular flexibility index (Phi) is 6.08. The van der Waals surface area contributed by atoms with Crippen LogP contribution >= 0.6 is 0 Å². The molecule has 0 fully saturated rings. The largest absolute Gasteiger partial charge is 0.469 e. The van der Waals surface area contributed by atoms with Gasteiger partial charge in [0.05, 0.1) is 13.5 Å². The molecule has 0 aliphatic rings. The molecule has 4 nitrogen and oxygen atoms in total.